The Hall–Kier alpha value is -2.06. The Morgan fingerprint density at radius 2 is 1.50 bits per heavy atom. The first-order valence-corrected chi connectivity index (χ1v) is 11.8. The fourth-order valence-corrected chi connectivity index (χ4v) is 6.37. The SMILES string of the molecule is O=S(=O)(Cc1ccccc1Cl)N=S(C(=S)Oc1ccccc1)c1ccccc1. The van der Waals surface area contributed by atoms with Gasteiger partial charge in [0.2, 0.25) is 4.38 Å². The quantitative estimate of drug-likeness (QED) is 0.489. The van der Waals surface area contributed by atoms with Crippen molar-refractivity contribution in [2.24, 2.45) is 3.77 Å². The monoisotopic (exact) mass is 449 g/mol. The molecule has 0 saturated heterocycles. The average molecular weight is 450 g/mol. The molecule has 8 heteroatoms. The largest absolute Gasteiger partial charge is 0.439 e. The van der Waals surface area contributed by atoms with Crippen LogP contribution in [0, 0.1) is 0 Å². The van der Waals surface area contributed by atoms with Crippen molar-refractivity contribution in [3.63, 3.8) is 0 Å². The highest BCUT2D eigenvalue weighted by molar-refractivity contribution is 8.17. The number of nitrogens with zero attached hydrogens (tertiary/aromatic N) is 1. The van der Waals surface area contributed by atoms with Crippen molar-refractivity contribution in [1.82, 2.24) is 0 Å². The predicted molar refractivity (Wildman–Crippen MR) is 118 cm³/mol. The third kappa shape index (κ3) is 5.72. The fraction of sp³-hybridized carbons (Fsp3) is 0.0500. The molecule has 0 aliphatic rings. The molecule has 0 fully saturated rings. The van der Waals surface area contributed by atoms with E-state index in [1.807, 2.05) is 24.3 Å². The Kier molecular flexibility index (Phi) is 6.96. The summed E-state index contributed by atoms with van der Waals surface area (Å²) in [6, 6.07) is 24.7. The van der Waals surface area contributed by atoms with Crippen molar-refractivity contribution in [2.75, 3.05) is 0 Å². The Bertz CT molecular complexity index is 1100. The van der Waals surface area contributed by atoms with Gasteiger partial charge < -0.3 is 4.74 Å². The first-order chi connectivity index (χ1) is 13.4. The summed E-state index contributed by atoms with van der Waals surface area (Å²) in [4.78, 5) is 0.658. The van der Waals surface area contributed by atoms with Gasteiger partial charge in [0.1, 0.15) is 5.75 Å². The van der Waals surface area contributed by atoms with Gasteiger partial charge in [0.05, 0.1) is 5.75 Å². The van der Waals surface area contributed by atoms with Crippen molar-refractivity contribution in [1.29, 1.82) is 0 Å². The molecule has 1 unspecified atom stereocenters. The van der Waals surface area contributed by atoms with E-state index in [0.29, 0.717) is 21.2 Å². The number of thiocarbonyl (C=S) groups is 1. The molecule has 28 heavy (non-hydrogen) atoms. The van der Waals surface area contributed by atoms with Crippen LogP contribution in [0.25, 0.3) is 0 Å². The Labute approximate surface area is 177 Å². The van der Waals surface area contributed by atoms with Crippen LogP contribution in [-0.2, 0) is 26.5 Å². The van der Waals surface area contributed by atoms with Gasteiger partial charge in [0.15, 0.2) is 0 Å². The Morgan fingerprint density at radius 3 is 2.14 bits per heavy atom. The molecule has 3 rings (SSSR count). The zero-order valence-corrected chi connectivity index (χ0v) is 17.8. The van der Waals surface area contributed by atoms with Gasteiger partial charge in [-0.05, 0) is 48.1 Å². The molecule has 3 aromatic rings. The number of sulfonamides is 1. The lowest BCUT2D eigenvalue weighted by molar-refractivity contribution is 0.578. The average Bonchev–Trinajstić information content (AvgIpc) is 2.69. The van der Waals surface area contributed by atoms with Crippen molar-refractivity contribution >= 4 is 48.9 Å². The number of rotatable bonds is 5. The first kappa shape index (κ1) is 20.7. The van der Waals surface area contributed by atoms with Crippen molar-refractivity contribution in [3.05, 3.63) is 95.5 Å². The van der Waals surface area contributed by atoms with E-state index >= 15 is 0 Å². The molecule has 0 N–H and O–H groups in total. The molecule has 0 aromatic heterocycles. The van der Waals surface area contributed by atoms with E-state index in [4.69, 9.17) is 28.6 Å². The van der Waals surface area contributed by atoms with Crippen molar-refractivity contribution in [3.8, 4) is 5.75 Å². The van der Waals surface area contributed by atoms with Crippen LogP contribution in [0.15, 0.2) is 93.6 Å². The van der Waals surface area contributed by atoms with E-state index in [1.165, 1.54) is 0 Å². The molecule has 0 heterocycles. The smallest absolute Gasteiger partial charge is 0.263 e. The van der Waals surface area contributed by atoms with Crippen LogP contribution in [0.2, 0.25) is 5.02 Å². The van der Waals surface area contributed by atoms with E-state index in [9.17, 15) is 8.42 Å². The molecule has 0 aliphatic heterocycles. The Morgan fingerprint density at radius 1 is 0.929 bits per heavy atom. The van der Waals surface area contributed by atoms with Crippen LogP contribution in [0.4, 0.5) is 0 Å². The summed E-state index contributed by atoms with van der Waals surface area (Å²) in [7, 11) is -5.14. The maximum atomic E-state index is 12.8. The van der Waals surface area contributed by atoms with Gasteiger partial charge >= 0.3 is 0 Å². The minimum atomic E-state index is -3.86. The molecule has 4 nitrogen and oxygen atoms in total. The standard InChI is InChI=1S/C20H16ClNO3S3/c21-19-14-8-7-9-16(19)15-28(23,24)22-27(18-12-5-2-6-13-18)20(26)25-17-10-3-1-4-11-17/h1-14H,15H2. The number of hydrogen-bond donors (Lipinski definition) is 0. The maximum Gasteiger partial charge on any atom is 0.263 e. The Balaban J connectivity index is 1.96. The molecular formula is C20H16ClNO3S3. The molecule has 0 radical (unpaired) electrons. The summed E-state index contributed by atoms with van der Waals surface area (Å²) in [6.45, 7) is 0. The lowest BCUT2D eigenvalue weighted by atomic mass is 10.2. The fourth-order valence-electron chi connectivity index (χ4n) is 2.30. The summed E-state index contributed by atoms with van der Waals surface area (Å²) in [6.07, 6.45) is 0. The number of halogens is 1. The molecule has 0 spiro atoms. The molecule has 3 aromatic carbocycles. The second kappa shape index (κ2) is 9.43. The maximum absolute atomic E-state index is 12.8. The molecule has 0 amide bonds. The van der Waals surface area contributed by atoms with Crippen LogP contribution < -0.4 is 4.74 Å². The summed E-state index contributed by atoms with van der Waals surface area (Å²) in [5, 5.41) is 0.379. The first-order valence-electron chi connectivity index (χ1n) is 8.20. The summed E-state index contributed by atoms with van der Waals surface area (Å²) < 4.78 is 35.4. The molecular weight excluding hydrogens is 434 g/mol. The van der Waals surface area contributed by atoms with Crippen LogP contribution in [0.1, 0.15) is 5.56 Å². The highest BCUT2D eigenvalue weighted by atomic mass is 35.5. The zero-order valence-electron chi connectivity index (χ0n) is 14.6. The van der Waals surface area contributed by atoms with E-state index in [2.05, 4.69) is 3.77 Å². The van der Waals surface area contributed by atoms with Gasteiger partial charge in [-0.1, -0.05) is 66.2 Å². The van der Waals surface area contributed by atoms with Gasteiger partial charge in [-0.15, -0.1) is 3.77 Å². The lowest BCUT2D eigenvalue weighted by Gasteiger charge is -2.11. The molecule has 0 saturated carbocycles. The van der Waals surface area contributed by atoms with E-state index in [0.717, 1.165) is 0 Å². The van der Waals surface area contributed by atoms with Gasteiger partial charge in [-0.3, -0.25) is 0 Å². The van der Waals surface area contributed by atoms with Crippen molar-refractivity contribution in [2.45, 2.75) is 10.6 Å². The number of ether oxygens (including phenoxy) is 1. The summed E-state index contributed by atoms with van der Waals surface area (Å²) in [5.74, 6) is 0.219. The molecule has 0 bridgehead atoms. The minimum absolute atomic E-state index is 0.0835. The van der Waals surface area contributed by atoms with Gasteiger partial charge in [0.25, 0.3) is 10.0 Å². The molecule has 144 valence electrons. The number of benzene rings is 3. The van der Waals surface area contributed by atoms with Crippen LogP contribution in [-0.4, -0.2) is 12.8 Å². The highest BCUT2D eigenvalue weighted by Crippen LogP contribution is 2.21. The number of hydrogen-bond acceptors (Lipinski definition) is 4. The van der Waals surface area contributed by atoms with E-state index < -0.39 is 20.7 Å². The topological polar surface area (TPSA) is 55.7 Å². The van der Waals surface area contributed by atoms with Crippen LogP contribution >= 0.6 is 23.8 Å². The minimum Gasteiger partial charge on any atom is -0.439 e. The van der Waals surface area contributed by atoms with Crippen LogP contribution in [0.3, 0.4) is 0 Å². The lowest BCUT2D eigenvalue weighted by Crippen LogP contribution is -2.15. The zero-order chi connectivity index (χ0) is 20.0. The van der Waals surface area contributed by atoms with E-state index in [-0.39, 0.29) is 10.1 Å². The normalized spacial score (nSPS) is 12.5. The van der Waals surface area contributed by atoms with Gasteiger partial charge in [-0.2, -0.15) is 0 Å². The summed E-state index contributed by atoms with van der Waals surface area (Å²) in [5.41, 5.74) is 0.486. The third-order valence-corrected chi connectivity index (χ3v) is 7.78. The molecule has 0 aliphatic carbocycles. The predicted octanol–water partition coefficient (Wildman–Crippen LogP) is 5.39. The summed E-state index contributed by atoms with van der Waals surface area (Å²) >= 11 is 11.5. The highest BCUT2D eigenvalue weighted by Gasteiger charge is 2.18. The van der Waals surface area contributed by atoms with Gasteiger partial charge in [0, 0.05) is 20.6 Å². The number of para-hydroxylation sites is 1. The van der Waals surface area contributed by atoms with Crippen molar-refractivity contribution < 1.29 is 13.2 Å². The van der Waals surface area contributed by atoms with E-state index in [1.54, 1.807) is 60.7 Å². The second-order valence-electron chi connectivity index (χ2n) is 5.66. The third-order valence-electron chi connectivity index (χ3n) is 3.55. The van der Waals surface area contributed by atoms with Crippen LogP contribution in [0.5, 0.6) is 5.75 Å². The molecule has 1 atom stereocenters. The van der Waals surface area contributed by atoms with Gasteiger partial charge in [-0.25, -0.2) is 8.42 Å². The second-order valence-corrected chi connectivity index (χ2v) is 10.2.